The summed E-state index contributed by atoms with van der Waals surface area (Å²) in [6.07, 6.45) is 2.87. The number of hydrogen-bond acceptors (Lipinski definition) is 3. The maximum Gasteiger partial charge on any atom is 0.237 e. The molecule has 1 aliphatic heterocycles. The summed E-state index contributed by atoms with van der Waals surface area (Å²) in [6.45, 7) is 3.02. The minimum Gasteiger partial charge on any atom is -0.303 e. The third kappa shape index (κ3) is 4.30. The van der Waals surface area contributed by atoms with Crippen LogP contribution in [0.4, 0.5) is 0 Å². The van der Waals surface area contributed by atoms with E-state index in [2.05, 4.69) is 50.5 Å². The fourth-order valence-corrected chi connectivity index (χ4v) is 2.74. The molecule has 0 aliphatic carbocycles. The van der Waals surface area contributed by atoms with Crippen LogP contribution in [-0.2, 0) is 11.2 Å². The molecule has 19 heavy (non-hydrogen) atoms. The molecule has 0 bridgehead atoms. The zero-order valence-electron chi connectivity index (χ0n) is 10.9. The van der Waals surface area contributed by atoms with Gasteiger partial charge in [0, 0.05) is 16.9 Å². The highest BCUT2D eigenvalue weighted by Gasteiger charge is 2.23. The molecule has 4 nitrogen and oxygen atoms in total. The highest BCUT2D eigenvalue weighted by molar-refractivity contribution is 9.10. The first-order chi connectivity index (χ1) is 9.19. The van der Waals surface area contributed by atoms with E-state index < -0.39 is 0 Å². The van der Waals surface area contributed by atoms with Crippen molar-refractivity contribution in [1.29, 1.82) is 0 Å². The van der Waals surface area contributed by atoms with E-state index in [1.165, 1.54) is 5.56 Å². The van der Waals surface area contributed by atoms with Crippen LogP contribution in [0.3, 0.4) is 0 Å². The monoisotopic (exact) mass is 325 g/mol. The summed E-state index contributed by atoms with van der Waals surface area (Å²) in [6, 6.07) is 8.46. The van der Waals surface area contributed by atoms with Gasteiger partial charge in [0.15, 0.2) is 0 Å². The standard InChI is InChI=1S/C14H20BrN3O/c15-13-3-1-11(2-4-13)5-8-18-9-6-12(7-10-18)14(19)17-16/h1-4,12H,5-10,16H2,(H,17,19). The average molecular weight is 326 g/mol. The van der Waals surface area contributed by atoms with E-state index in [1.807, 2.05) is 0 Å². The van der Waals surface area contributed by atoms with E-state index >= 15 is 0 Å². The van der Waals surface area contributed by atoms with Crippen LogP contribution in [0.1, 0.15) is 18.4 Å². The molecule has 1 amide bonds. The van der Waals surface area contributed by atoms with Crippen molar-refractivity contribution in [3.63, 3.8) is 0 Å². The Morgan fingerprint density at radius 1 is 1.32 bits per heavy atom. The fraction of sp³-hybridized carbons (Fsp3) is 0.500. The number of likely N-dealkylation sites (tertiary alicyclic amines) is 1. The summed E-state index contributed by atoms with van der Waals surface area (Å²) in [7, 11) is 0. The van der Waals surface area contributed by atoms with Crippen LogP contribution >= 0.6 is 15.9 Å². The minimum atomic E-state index is -0.0208. The number of halogens is 1. The number of nitrogens with two attached hydrogens (primary N) is 1. The molecule has 2 rings (SSSR count). The predicted octanol–water partition coefficient (Wildman–Crippen LogP) is 1.69. The Labute approximate surface area is 122 Å². The lowest BCUT2D eigenvalue weighted by Gasteiger charge is -2.30. The number of rotatable bonds is 4. The number of nitrogens with one attached hydrogen (secondary N) is 1. The van der Waals surface area contributed by atoms with Crippen LogP contribution in [0, 0.1) is 5.92 Å². The van der Waals surface area contributed by atoms with Crippen LogP contribution in [0.15, 0.2) is 28.7 Å². The zero-order valence-corrected chi connectivity index (χ0v) is 12.5. The number of carbonyl (C=O) groups is 1. The largest absolute Gasteiger partial charge is 0.303 e. The molecule has 3 N–H and O–H groups in total. The number of piperidine rings is 1. The smallest absolute Gasteiger partial charge is 0.237 e. The summed E-state index contributed by atoms with van der Waals surface area (Å²) in [5.74, 6) is 5.24. The van der Waals surface area contributed by atoms with Crippen molar-refractivity contribution < 1.29 is 4.79 Å². The first kappa shape index (κ1) is 14.5. The van der Waals surface area contributed by atoms with E-state index in [9.17, 15) is 4.79 Å². The van der Waals surface area contributed by atoms with Crippen molar-refractivity contribution in [1.82, 2.24) is 10.3 Å². The summed E-state index contributed by atoms with van der Waals surface area (Å²) >= 11 is 3.44. The number of benzene rings is 1. The molecular weight excluding hydrogens is 306 g/mol. The molecule has 1 aromatic carbocycles. The summed E-state index contributed by atoms with van der Waals surface area (Å²) in [4.78, 5) is 13.8. The Morgan fingerprint density at radius 2 is 1.95 bits per heavy atom. The van der Waals surface area contributed by atoms with Crippen LogP contribution < -0.4 is 11.3 Å². The molecule has 1 aromatic rings. The van der Waals surface area contributed by atoms with Crippen molar-refractivity contribution in [2.24, 2.45) is 11.8 Å². The molecule has 0 radical (unpaired) electrons. The average Bonchev–Trinajstić information content (AvgIpc) is 2.46. The van der Waals surface area contributed by atoms with Gasteiger partial charge in [0.25, 0.3) is 0 Å². The SMILES string of the molecule is NNC(=O)C1CCN(CCc2ccc(Br)cc2)CC1. The molecular formula is C14H20BrN3O. The van der Waals surface area contributed by atoms with Gasteiger partial charge in [-0.2, -0.15) is 0 Å². The molecule has 1 aliphatic rings. The zero-order chi connectivity index (χ0) is 13.7. The Morgan fingerprint density at radius 3 is 2.53 bits per heavy atom. The van der Waals surface area contributed by atoms with Gasteiger partial charge in [-0.15, -0.1) is 0 Å². The lowest BCUT2D eigenvalue weighted by molar-refractivity contribution is -0.126. The fourth-order valence-electron chi connectivity index (χ4n) is 2.47. The van der Waals surface area contributed by atoms with Gasteiger partial charge in [0.05, 0.1) is 0 Å². The first-order valence-electron chi connectivity index (χ1n) is 6.66. The van der Waals surface area contributed by atoms with E-state index in [1.54, 1.807) is 0 Å². The van der Waals surface area contributed by atoms with E-state index in [-0.39, 0.29) is 11.8 Å². The van der Waals surface area contributed by atoms with Gasteiger partial charge in [-0.05, 0) is 50.0 Å². The van der Waals surface area contributed by atoms with Crippen molar-refractivity contribution >= 4 is 21.8 Å². The van der Waals surface area contributed by atoms with Crippen LogP contribution in [-0.4, -0.2) is 30.4 Å². The van der Waals surface area contributed by atoms with Crippen LogP contribution in [0.2, 0.25) is 0 Å². The van der Waals surface area contributed by atoms with Crippen LogP contribution in [0.25, 0.3) is 0 Å². The Hall–Kier alpha value is -0.910. The van der Waals surface area contributed by atoms with Gasteiger partial charge >= 0.3 is 0 Å². The lowest BCUT2D eigenvalue weighted by atomic mass is 9.96. The summed E-state index contributed by atoms with van der Waals surface area (Å²) in [5.41, 5.74) is 3.60. The third-order valence-corrected chi connectivity index (χ3v) is 4.26. The maximum atomic E-state index is 11.4. The second-order valence-electron chi connectivity index (χ2n) is 5.00. The molecule has 0 atom stereocenters. The van der Waals surface area contributed by atoms with Crippen molar-refractivity contribution in [3.8, 4) is 0 Å². The van der Waals surface area contributed by atoms with Crippen molar-refractivity contribution in [3.05, 3.63) is 34.3 Å². The number of hydrogen-bond donors (Lipinski definition) is 2. The summed E-state index contributed by atoms with van der Waals surface area (Å²) in [5, 5.41) is 0. The molecule has 1 saturated heterocycles. The Balaban J connectivity index is 1.74. The van der Waals surface area contributed by atoms with Gasteiger partial charge in [-0.1, -0.05) is 28.1 Å². The molecule has 5 heteroatoms. The number of carbonyl (C=O) groups excluding carboxylic acids is 1. The Kier molecular flexibility index (Phi) is 5.36. The highest BCUT2D eigenvalue weighted by atomic mass is 79.9. The number of amides is 1. The predicted molar refractivity (Wildman–Crippen MR) is 79.3 cm³/mol. The first-order valence-corrected chi connectivity index (χ1v) is 7.45. The Bertz CT molecular complexity index is 413. The molecule has 1 fully saturated rings. The molecule has 0 spiro atoms. The normalized spacial score (nSPS) is 17.4. The van der Waals surface area contributed by atoms with E-state index in [4.69, 9.17) is 5.84 Å². The van der Waals surface area contributed by atoms with Gasteiger partial charge in [0.1, 0.15) is 0 Å². The maximum absolute atomic E-state index is 11.4. The van der Waals surface area contributed by atoms with Gasteiger partial charge in [-0.3, -0.25) is 10.2 Å². The minimum absolute atomic E-state index is 0.0208. The quantitative estimate of drug-likeness (QED) is 0.503. The number of hydrazine groups is 1. The van der Waals surface area contributed by atoms with E-state index in [0.29, 0.717) is 0 Å². The van der Waals surface area contributed by atoms with Gasteiger partial charge < -0.3 is 4.90 Å². The highest BCUT2D eigenvalue weighted by Crippen LogP contribution is 2.18. The molecule has 0 aromatic heterocycles. The van der Waals surface area contributed by atoms with Gasteiger partial charge in [0.2, 0.25) is 5.91 Å². The second-order valence-corrected chi connectivity index (χ2v) is 5.92. The van der Waals surface area contributed by atoms with Crippen molar-refractivity contribution in [2.45, 2.75) is 19.3 Å². The lowest BCUT2D eigenvalue weighted by Crippen LogP contribution is -2.43. The van der Waals surface area contributed by atoms with Crippen molar-refractivity contribution in [2.75, 3.05) is 19.6 Å². The molecule has 0 saturated carbocycles. The molecule has 1 heterocycles. The third-order valence-electron chi connectivity index (χ3n) is 3.73. The summed E-state index contributed by atoms with van der Waals surface area (Å²) < 4.78 is 1.12. The topological polar surface area (TPSA) is 58.4 Å². The molecule has 0 unspecified atom stereocenters. The van der Waals surface area contributed by atoms with E-state index in [0.717, 1.165) is 43.4 Å². The second kappa shape index (κ2) is 7.03. The number of nitrogens with zero attached hydrogens (tertiary/aromatic N) is 1. The van der Waals surface area contributed by atoms with Crippen LogP contribution in [0.5, 0.6) is 0 Å². The molecule has 104 valence electrons. The van der Waals surface area contributed by atoms with Gasteiger partial charge in [-0.25, -0.2) is 5.84 Å².